The van der Waals surface area contributed by atoms with Gasteiger partial charge in [0.1, 0.15) is 12.0 Å². The van der Waals surface area contributed by atoms with Crippen LogP contribution in [0, 0.1) is 3.57 Å². The topological polar surface area (TPSA) is 59.7 Å². The van der Waals surface area contributed by atoms with E-state index in [1.165, 1.54) is 3.57 Å². The lowest BCUT2D eigenvalue weighted by atomic mass is 10.1. The van der Waals surface area contributed by atoms with Crippen molar-refractivity contribution in [2.75, 3.05) is 4.90 Å². The van der Waals surface area contributed by atoms with Crippen molar-refractivity contribution in [3.8, 4) is 5.69 Å². The number of rotatable bonds is 2. The first-order valence-corrected chi connectivity index (χ1v) is 8.62. The van der Waals surface area contributed by atoms with Crippen LogP contribution in [0.3, 0.4) is 0 Å². The van der Waals surface area contributed by atoms with E-state index in [1.807, 2.05) is 4.57 Å². The third-order valence-electron chi connectivity index (χ3n) is 3.88. The summed E-state index contributed by atoms with van der Waals surface area (Å²) in [7, 11) is 0. The monoisotopic (exact) mass is 438 g/mol. The van der Waals surface area contributed by atoms with E-state index in [0.717, 1.165) is 29.4 Å². The van der Waals surface area contributed by atoms with Gasteiger partial charge in [-0.2, -0.15) is 4.98 Å². The minimum absolute atomic E-state index is 0.0380. The normalized spacial score (nSPS) is 16.1. The lowest BCUT2D eigenvalue weighted by Gasteiger charge is -2.36. The standard InChI is InChI=1S/C15H12ClIN6/c1-2-11-14-21-19-8-22(14)12-7-18-15(16)20-13(12)23(11)10-5-3-9(17)4-6-10/h3-8,11H,2H2,1H3. The van der Waals surface area contributed by atoms with Crippen molar-refractivity contribution >= 4 is 45.7 Å². The first-order chi connectivity index (χ1) is 11.2. The van der Waals surface area contributed by atoms with Gasteiger partial charge in [-0.3, -0.25) is 4.57 Å². The van der Waals surface area contributed by atoms with Gasteiger partial charge in [0.15, 0.2) is 11.6 Å². The second kappa shape index (κ2) is 5.72. The van der Waals surface area contributed by atoms with E-state index in [4.69, 9.17) is 11.6 Å². The SMILES string of the molecule is CCC1c2nncn2-c2cnc(Cl)nc2N1c1ccc(I)cc1. The van der Waals surface area contributed by atoms with E-state index in [0.29, 0.717) is 0 Å². The molecule has 0 amide bonds. The largest absolute Gasteiger partial charge is 0.314 e. The lowest BCUT2D eigenvalue weighted by Crippen LogP contribution is -2.32. The minimum atomic E-state index is 0.0380. The predicted octanol–water partition coefficient (Wildman–Crippen LogP) is 3.92. The van der Waals surface area contributed by atoms with Gasteiger partial charge in [0.05, 0.1) is 12.2 Å². The fraction of sp³-hybridized carbons (Fsp3) is 0.200. The Labute approximate surface area is 151 Å². The number of halogens is 2. The van der Waals surface area contributed by atoms with Gasteiger partial charge >= 0.3 is 0 Å². The summed E-state index contributed by atoms with van der Waals surface area (Å²) in [5, 5.41) is 8.59. The molecule has 4 rings (SSSR count). The zero-order valence-electron chi connectivity index (χ0n) is 12.2. The third-order valence-corrected chi connectivity index (χ3v) is 4.78. The van der Waals surface area contributed by atoms with Crippen molar-refractivity contribution in [2.45, 2.75) is 19.4 Å². The van der Waals surface area contributed by atoms with Crippen LogP contribution >= 0.6 is 34.2 Å². The summed E-state index contributed by atoms with van der Waals surface area (Å²) in [6.07, 6.45) is 4.27. The van der Waals surface area contributed by atoms with Crippen molar-refractivity contribution in [3.63, 3.8) is 0 Å². The van der Waals surface area contributed by atoms with Crippen LogP contribution in [0.25, 0.3) is 5.69 Å². The van der Waals surface area contributed by atoms with Crippen LogP contribution in [0.15, 0.2) is 36.8 Å². The summed E-state index contributed by atoms with van der Waals surface area (Å²) in [5.74, 6) is 1.65. The molecule has 1 aliphatic heterocycles. The average Bonchev–Trinajstić information content (AvgIpc) is 3.03. The zero-order valence-corrected chi connectivity index (χ0v) is 15.1. The number of fused-ring (bicyclic) bond motifs is 3. The van der Waals surface area contributed by atoms with Crippen molar-refractivity contribution in [3.05, 3.63) is 51.5 Å². The Morgan fingerprint density at radius 3 is 2.78 bits per heavy atom. The van der Waals surface area contributed by atoms with Crippen LogP contribution in [-0.4, -0.2) is 24.7 Å². The molecule has 0 spiro atoms. The molecule has 3 aromatic rings. The van der Waals surface area contributed by atoms with E-state index < -0.39 is 0 Å². The van der Waals surface area contributed by atoms with Crippen LogP contribution in [0.4, 0.5) is 11.5 Å². The number of nitrogens with zero attached hydrogens (tertiary/aromatic N) is 6. The fourth-order valence-electron chi connectivity index (χ4n) is 2.88. The predicted molar refractivity (Wildman–Crippen MR) is 96.3 cm³/mol. The summed E-state index contributed by atoms with van der Waals surface area (Å²) in [5.41, 5.74) is 1.88. The first-order valence-electron chi connectivity index (χ1n) is 7.16. The molecule has 1 atom stereocenters. The zero-order chi connectivity index (χ0) is 16.0. The molecule has 0 aliphatic carbocycles. The average molecular weight is 439 g/mol. The number of aromatic nitrogens is 5. The van der Waals surface area contributed by atoms with Crippen LogP contribution < -0.4 is 4.90 Å². The van der Waals surface area contributed by atoms with Crippen molar-refractivity contribution in [1.29, 1.82) is 0 Å². The van der Waals surface area contributed by atoms with Gasteiger partial charge in [-0.05, 0) is 64.9 Å². The molecule has 6 nitrogen and oxygen atoms in total. The molecular weight excluding hydrogens is 427 g/mol. The second-order valence-corrected chi connectivity index (χ2v) is 6.76. The highest BCUT2D eigenvalue weighted by molar-refractivity contribution is 14.1. The molecule has 116 valence electrons. The molecule has 0 N–H and O–H groups in total. The van der Waals surface area contributed by atoms with Crippen molar-refractivity contribution in [1.82, 2.24) is 24.7 Å². The summed E-state index contributed by atoms with van der Waals surface area (Å²) in [4.78, 5) is 10.7. The molecule has 0 radical (unpaired) electrons. The summed E-state index contributed by atoms with van der Waals surface area (Å²) in [6.45, 7) is 2.12. The molecule has 1 unspecified atom stereocenters. The molecule has 1 aliphatic rings. The second-order valence-electron chi connectivity index (χ2n) is 5.18. The van der Waals surface area contributed by atoms with Crippen LogP contribution in [-0.2, 0) is 0 Å². The fourth-order valence-corrected chi connectivity index (χ4v) is 3.37. The number of anilines is 2. The Bertz CT molecular complexity index is 863. The molecule has 23 heavy (non-hydrogen) atoms. The van der Waals surface area contributed by atoms with Crippen molar-refractivity contribution in [2.24, 2.45) is 0 Å². The molecule has 8 heteroatoms. The molecule has 0 saturated carbocycles. The van der Waals surface area contributed by atoms with Gasteiger partial charge in [-0.1, -0.05) is 6.92 Å². The summed E-state index contributed by atoms with van der Waals surface area (Å²) >= 11 is 8.35. The molecule has 0 bridgehead atoms. The van der Waals surface area contributed by atoms with E-state index in [-0.39, 0.29) is 11.3 Å². The molecule has 3 heterocycles. The van der Waals surface area contributed by atoms with Gasteiger partial charge in [-0.25, -0.2) is 4.98 Å². The quantitative estimate of drug-likeness (QED) is 0.448. The summed E-state index contributed by atoms with van der Waals surface area (Å²) < 4.78 is 3.11. The molecule has 0 fully saturated rings. The molecular formula is C15H12ClIN6. The van der Waals surface area contributed by atoms with Gasteiger partial charge in [0, 0.05) is 9.26 Å². The third kappa shape index (κ3) is 2.38. The van der Waals surface area contributed by atoms with E-state index in [2.05, 4.69) is 78.8 Å². The Balaban J connectivity index is 1.97. The molecule has 2 aromatic heterocycles. The highest BCUT2D eigenvalue weighted by atomic mass is 127. The van der Waals surface area contributed by atoms with Crippen molar-refractivity contribution < 1.29 is 0 Å². The highest BCUT2D eigenvalue weighted by Gasteiger charge is 2.34. The molecule has 1 aromatic carbocycles. The Morgan fingerprint density at radius 2 is 2.04 bits per heavy atom. The Morgan fingerprint density at radius 1 is 1.26 bits per heavy atom. The maximum Gasteiger partial charge on any atom is 0.224 e. The van der Waals surface area contributed by atoms with Crippen LogP contribution in [0.1, 0.15) is 25.2 Å². The first kappa shape index (κ1) is 14.8. The number of hydrogen-bond donors (Lipinski definition) is 0. The molecule has 0 saturated heterocycles. The smallest absolute Gasteiger partial charge is 0.224 e. The minimum Gasteiger partial charge on any atom is -0.314 e. The van der Waals surface area contributed by atoms with Crippen LogP contribution in [0.2, 0.25) is 5.28 Å². The van der Waals surface area contributed by atoms with E-state index >= 15 is 0 Å². The Kier molecular flexibility index (Phi) is 3.68. The Hall–Kier alpha value is -1.74. The van der Waals surface area contributed by atoms with Gasteiger partial charge in [-0.15, -0.1) is 10.2 Å². The van der Waals surface area contributed by atoms with Gasteiger partial charge in [0.25, 0.3) is 0 Å². The number of benzene rings is 1. The van der Waals surface area contributed by atoms with E-state index in [1.54, 1.807) is 12.5 Å². The maximum atomic E-state index is 6.06. The maximum absolute atomic E-state index is 6.06. The highest BCUT2D eigenvalue weighted by Crippen LogP contribution is 2.42. The van der Waals surface area contributed by atoms with Gasteiger partial charge in [0.2, 0.25) is 5.28 Å². The number of hydrogen-bond acceptors (Lipinski definition) is 5. The summed E-state index contributed by atoms with van der Waals surface area (Å²) in [6, 6.07) is 8.34. The lowest BCUT2D eigenvalue weighted by molar-refractivity contribution is 0.589. The van der Waals surface area contributed by atoms with Gasteiger partial charge < -0.3 is 4.90 Å². The van der Waals surface area contributed by atoms with E-state index in [9.17, 15) is 0 Å². The van der Waals surface area contributed by atoms with Crippen LogP contribution in [0.5, 0.6) is 0 Å².